The second-order valence-electron chi connectivity index (χ2n) is 4.81. The van der Waals surface area contributed by atoms with Gasteiger partial charge in [0.25, 0.3) is 0 Å². The first-order chi connectivity index (χ1) is 7.65. The number of nitrogens with two attached hydrogens (primary N) is 1. The summed E-state index contributed by atoms with van der Waals surface area (Å²) in [6.45, 7) is 7.06. The highest BCUT2D eigenvalue weighted by atomic mass is 16.5. The van der Waals surface area contributed by atoms with Gasteiger partial charge in [0.15, 0.2) is 0 Å². The molecule has 0 aliphatic rings. The van der Waals surface area contributed by atoms with E-state index in [1.165, 1.54) is 7.11 Å². The highest BCUT2D eigenvalue weighted by molar-refractivity contribution is 5.36. The molecule has 0 saturated carbocycles. The maximum Gasteiger partial charge on any atom is 0.322 e. The third-order valence-electron chi connectivity index (χ3n) is 2.77. The maximum absolute atomic E-state index is 10.0. The van der Waals surface area contributed by atoms with Crippen molar-refractivity contribution in [3.63, 3.8) is 0 Å². The van der Waals surface area contributed by atoms with Crippen LogP contribution < -0.4 is 15.8 Å². The minimum atomic E-state index is -0.957. The number of hydrogen-bond donors (Lipinski definition) is 3. The Morgan fingerprint density at radius 1 is 1.18 bits per heavy atom. The first-order valence-electron chi connectivity index (χ1n) is 5.22. The van der Waals surface area contributed by atoms with Gasteiger partial charge in [0, 0.05) is 0 Å². The fraction of sp³-hybridized carbons (Fsp3) is 0.700. The van der Waals surface area contributed by atoms with Crippen LogP contribution in [0.4, 0.5) is 11.9 Å². The van der Waals surface area contributed by atoms with Gasteiger partial charge in [0.1, 0.15) is 0 Å². The second-order valence-corrected chi connectivity index (χ2v) is 4.81. The number of anilines is 2. The van der Waals surface area contributed by atoms with Gasteiger partial charge in [-0.15, -0.1) is 0 Å². The number of nitrogens with zero attached hydrogens (tertiary/aromatic N) is 3. The molecular weight excluding hydrogens is 222 g/mol. The maximum atomic E-state index is 10.0. The normalized spacial score (nSPS) is 12.4. The molecule has 0 spiro atoms. The molecule has 0 aromatic carbocycles. The first-order valence-corrected chi connectivity index (χ1v) is 5.22. The van der Waals surface area contributed by atoms with Gasteiger partial charge in [-0.05, 0) is 27.7 Å². The van der Waals surface area contributed by atoms with Crippen LogP contribution in [0.1, 0.15) is 27.7 Å². The molecular formula is C10H19N5O2. The monoisotopic (exact) mass is 241 g/mol. The van der Waals surface area contributed by atoms with Gasteiger partial charge in [-0.2, -0.15) is 15.0 Å². The Morgan fingerprint density at radius 2 is 1.76 bits per heavy atom. The Morgan fingerprint density at radius 3 is 2.24 bits per heavy atom. The third-order valence-corrected chi connectivity index (χ3v) is 2.77. The number of nitrogen functional groups attached to an aromatic ring is 1. The molecule has 1 aromatic heterocycles. The van der Waals surface area contributed by atoms with Crippen LogP contribution in [-0.4, -0.2) is 38.3 Å². The number of rotatable bonds is 4. The fourth-order valence-corrected chi connectivity index (χ4v) is 0.952. The molecule has 1 rings (SSSR count). The summed E-state index contributed by atoms with van der Waals surface area (Å²) < 4.78 is 4.89. The van der Waals surface area contributed by atoms with Crippen LogP contribution >= 0.6 is 0 Å². The van der Waals surface area contributed by atoms with Crippen molar-refractivity contribution in [3.05, 3.63) is 0 Å². The van der Waals surface area contributed by atoms with Gasteiger partial charge in [-0.1, -0.05) is 0 Å². The molecule has 0 amide bonds. The first kappa shape index (κ1) is 13.4. The summed E-state index contributed by atoms with van der Waals surface area (Å²) in [5, 5.41) is 13.0. The molecule has 7 nitrogen and oxygen atoms in total. The summed E-state index contributed by atoms with van der Waals surface area (Å²) >= 11 is 0. The molecule has 0 saturated heterocycles. The van der Waals surface area contributed by atoms with Crippen LogP contribution in [0.15, 0.2) is 0 Å². The van der Waals surface area contributed by atoms with E-state index in [0.717, 1.165) is 0 Å². The van der Waals surface area contributed by atoms with E-state index < -0.39 is 11.1 Å². The highest BCUT2D eigenvalue weighted by Gasteiger charge is 2.35. The molecule has 0 unspecified atom stereocenters. The van der Waals surface area contributed by atoms with Gasteiger partial charge in [0.2, 0.25) is 11.9 Å². The summed E-state index contributed by atoms with van der Waals surface area (Å²) in [5.41, 5.74) is 3.93. The van der Waals surface area contributed by atoms with Gasteiger partial charge in [0.05, 0.1) is 18.2 Å². The molecule has 0 fully saturated rings. The lowest BCUT2D eigenvalue weighted by molar-refractivity contribution is 0.0236. The lowest BCUT2D eigenvalue weighted by atomic mass is 9.86. The number of methoxy groups -OCH3 is 1. The summed E-state index contributed by atoms with van der Waals surface area (Å²) in [4.78, 5) is 11.7. The number of nitrogens with one attached hydrogen (secondary N) is 1. The Labute approximate surface area is 100 Å². The molecule has 1 aromatic rings. The second kappa shape index (κ2) is 4.33. The predicted octanol–water partition coefficient (Wildman–Crippen LogP) is 0.424. The summed E-state index contributed by atoms with van der Waals surface area (Å²) in [6.07, 6.45) is 0. The Kier molecular flexibility index (Phi) is 3.42. The van der Waals surface area contributed by atoms with Crippen LogP contribution in [0.25, 0.3) is 0 Å². The lowest BCUT2D eigenvalue weighted by Crippen LogP contribution is -2.51. The number of ether oxygens (including phenoxy) is 1. The van der Waals surface area contributed by atoms with Crippen molar-refractivity contribution in [2.75, 3.05) is 18.2 Å². The van der Waals surface area contributed by atoms with Gasteiger partial charge in [-0.25, -0.2) is 0 Å². The largest absolute Gasteiger partial charge is 0.467 e. The topological polar surface area (TPSA) is 106 Å². The van der Waals surface area contributed by atoms with Gasteiger partial charge < -0.3 is 20.9 Å². The highest BCUT2D eigenvalue weighted by Crippen LogP contribution is 2.24. The molecule has 0 radical (unpaired) electrons. The van der Waals surface area contributed by atoms with Crippen molar-refractivity contribution in [1.82, 2.24) is 15.0 Å². The van der Waals surface area contributed by atoms with Crippen molar-refractivity contribution in [3.8, 4) is 6.01 Å². The van der Waals surface area contributed by atoms with E-state index in [1.54, 1.807) is 13.8 Å². The number of aliphatic hydroxyl groups is 1. The SMILES string of the molecule is COc1nc(N)nc(NC(C)(C)C(C)(C)O)n1. The zero-order chi connectivity index (χ0) is 13.3. The Bertz CT molecular complexity index is 400. The molecule has 1 heterocycles. The molecule has 0 aliphatic heterocycles. The minimum absolute atomic E-state index is 0.0610. The molecule has 17 heavy (non-hydrogen) atoms. The third kappa shape index (κ3) is 3.16. The fourth-order valence-electron chi connectivity index (χ4n) is 0.952. The predicted molar refractivity (Wildman–Crippen MR) is 64.8 cm³/mol. The standard InChI is InChI=1S/C10H19N5O2/c1-9(2,10(3,4)16)15-7-12-6(11)13-8(14-7)17-5/h16H,1-5H3,(H3,11,12,13,14,15). The van der Waals surface area contributed by atoms with E-state index in [9.17, 15) is 5.11 Å². The average Bonchev–Trinajstić information content (AvgIpc) is 2.14. The van der Waals surface area contributed by atoms with Crippen molar-refractivity contribution in [1.29, 1.82) is 0 Å². The van der Waals surface area contributed by atoms with E-state index in [1.807, 2.05) is 13.8 Å². The van der Waals surface area contributed by atoms with Crippen molar-refractivity contribution in [2.24, 2.45) is 0 Å². The van der Waals surface area contributed by atoms with Crippen LogP contribution in [0.3, 0.4) is 0 Å². The van der Waals surface area contributed by atoms with Gasteiger partial charge in [-0.3, -0.25) is 0 Å². The zero-order valence-corrected chi connectivity index (χ0v) is 10.8. The van der Waals surface area contributed by atoms with Crippen LogP contribution in [0.5, 0.6) is 6.01 Å². The number of hydrogen-bond acceptors (Lipinski definition) is 7. The number of aromatic nitrogens is 3. The Hall–Kier alpha value is -1.63. The van der Waals surface area contributed by atoms with E-state index in [0.29, 0.717) is 0 Å². The van der Waals surface area contributed by atoms with Crippen molar-refractivity contribution < 1.29 is 9.84 Å². The lowest BCUT2D eigenvalue weighted by Gasteiger charge is -2.37. The smallest absolute Gasteiger partial charge is 0.322 e. The molecule has 7 heteroatoms. The van der Waals surface area contributed by atoms with Crippen LogP contribution in [-0.2, 0) is 0 Å². The summed E-state index contributed by atoms with van der Waals surface area (Å²) in [6, 6.07) is 0.131. The molecule has 0 bridgehead atoms. The van der Waals surface area contributed by atoms with Crippen molar-refractivity contribution >= 4 is 11.9 Å². The minimum Gasteiger partial charge on any atom is -0.467 e. The van der Waals surface area contributed by atoms with E-state index in [2.05, 4.69) is 20.3 Å². The molecule has 0 aliphatic carbocycles. The van der Waals surface area contributed by atoms with E-state index in [4.69, 9.17) is 10.5 Å². The van der Waals surface area contributed by atoms with E-state index >= 15 is 0 Å². The zero-order valence-electron chi connectivity index (χ0n) is 10.8. The quantitative estimate of drug-likeness (QED) is 0.701. The van der Waals surface area contributed by atoms with E-state index in [-0.39, 0.29) is 17.9 Å². The summed E-state index contributed by atoms with van der Waals surface area (Å²) in [7, 11) is 1.44. The Balaban J connectivity index is 2.99. The van der Waals surface area contributed by atoms with Crippen LogP contribution in [0.2, 0.25) is 0 Å². The molecule has 0 atom stereocenters. The van der Waals surface area contributed by atoms with Gasteiger partial charge >= 0.3 is 6.01 Å². The van der Waals surface area contributed by atoms with Crippen molar-refractivity contribution in [2.45, 2.75) is 38.8 Å². The summed E-state index contributed by atoms with van der Waals surface area (Å²) in [5.74, 6) is 0.326. The molecule has 4 N–H and O–H groups in total. The van der Waals surface area contributed by atoms with Crippen LogP contribution in [0, 0.1) is 0 Å². The average molecular weight is 241 g/mol. The molecule has 96 valence electrons.